The van der Waals surface area contributed by atoms with Crippen LogP contribution in [0.4, 0.5) is 0 Å². The third-order valence-electron chi connectivity index (χ3n) is 5.28. The highest BCUT2D eigenvalue weighted by Gasteiger charge is 2.08. The number of rotatable bonds is 8. The Hall–Kier alpha value is -4.24. The number of nitrogens with zero attached hydrogens (tertiary/aromatic N) is 3. The van der Waals surface area contributed by atoms with E-state index in [2.05, 4.69) is 39.5 Å². The van der Waals surface area contributed by atoms with Crippen LogP contribution in [0.5, 0.6) is 11.5 Å². The van der Waals surface area contributed by atoms with Gasteiger partial charge in [-0.3, -0.25) is 0 Å². The number of hydrogen-bond acceptors (Lipinski definition) is 5. The molecule has 0 fully saturated rings. The molecule has 0 amide bonds. The Balaban J connectivity index is 1.49. The SMILES string of the molecule is COc1ccc(CN/N=C\c2cn(Cc3ccc(C#N)cc3)c3ccccc23)cc1OC. The Morgan fingerprint density at radius 3 is 2.47 bits per heavy atom. The maximum Gasteiger partial charge on any atom is 0.161 e. The Morgan fingerprint density at radius 2 is 1.72 bits per heavy atom. The predicted octanol–water partition coefficient (Wildman–Crippen LogP) is 4.70. The van der Waals surface area contributed by atoms with E-state index >= 15 is 0 Å². The van der Waals surface area contributed by atoms with Gasteiger partial charge in [0.1, 0.15) is 0 Å². The van der Waals surface area contributed by atoms with Crippen LogP contribution in [0, 0.1) is 11.3 Å². The lowest BCUT2D eigenvalue weighted by atomic mass is 10.1. The number of nitriles is 1. The van der Waals surface area contributed by atoms with Crippen molar-refractivity contribution in [3.8, 4) is 17.6 Å². The number of ether oxygens (including phenoxy) is 2. The number of fused-ring (bicyclic) bond motifs is 1. The molecule has 0 aliphatic heterocycles. The van der Waals surface area contributed by atoms with E-state index in [9.17, 15) is 0 Å². The molecule has 160 valence electrons. The molecule has 1 aromatic heterocycles. The summed E-state index contributed by atoms with van der Waals surface area (Å²) in [4.78, 5) is 0. The molecule has 4 aromatic rings. The number of hydrogen-bond donors (Lipinski definition) is 1. The van der Waals surface area contributed by atoms with E-state index in [1.54, 1.807) is 14.2 Å². The monoisotopic (exact) mass is 424 g/mol. The van der Waals surface area contributed by atoms with Crippen LogP contribution in [0.15, 0.2) is 78.0 Å². The van der Waals surface area contributed by atoms with Crippen LogP contribution >= 0.6 is 0 Å². The van der Waals surface area contributed by atoms with Gasteiger partial charge in [-0.2, -0.15) is 10.4 Å². The molecule has 0 radical (unpaired) electrons. The van der Waals surface area contributed by atoms with Crippen molar-refractivity contribution < 1.29 is 9.47 Å². The minimum atomic E-state index is 0.570. The molecule has 0 saturated carbocycles. The maximum absolute atomic E-state index is 9.00. The molecule has 1 N–H and O–H groups in total. The van der Waals surface area contributed by atoms with Gasteiger partial charge in [-0.05, 0) is 41.5 Å². The van der Waals surface area contributed by atoms with Crippen molar-refractivity contribution >= 4 is 17.1 Å². The molecule has 3 aromatic carbocycles. The Morgan fingerprint density at radius 1 is 0.969 bits per heavy atom. The number of benzene rings is 3. The number of aromatic nitrogens is 1. The minimum absolute atomic E-state index is 0.570. The van der Waals surface area contributed by atoms with Gasteiger partial charge in [-0.25, -0.2) is 0 Å². The Kier molecular flexibility index (Phi) is 6.38. The zero-order valence-corrected chi connectivity index (χ0v) is 18.1. The average Bonchev–Trinajstić information content (AvgIpc) is 3.19. The van der Waals surface area contributed by atoms with Gasteiger partial charge in [0, 0.05) is 29.2 Å². The highest BCUT2D eigenvalue weighted by atomic mass is 16.5. The highest BCUT2D eigenvalue weighted by molar-refractivity contribution is 5.99. The molecule has 0 spiro atoms. The second-order valence-corrected chi connectivity index (χ2v) is 7.32. The molecule has 0 unspecified atom stereocenters. The lowest BCUT2D eigenvalue weighted by Gasteiger charge is -2.09. The molecule has 0 aliphatic rings. The number of hydrazone groups is 1. The number of methoxy groups -OCH3 is 2. The van der Waals surface area contributed by atoms with Crippen molar-refractivity contribution in [2.24, 2.45) is 5.10 Å². The van der Waals surface area contributed by atoms with E-state index in [1.165, 1.54) is 0 Å². The zero-order chi connectivity index (χ0) is 22.3. The van der Waals surface area contributed by atoms with Crippen LogP contribution in [0.3, 0.4) is 0 Å². The first-order valence-electron chi connectivity index (χ1n) is 10.3. The molecular formula is C26H24N4O2. The van der Waals surface area contributed by atoms with Gasteiger partial charge in [0.25, 0.3) is 0 Å². The van der Waals surface area contributed by atoms with Crippen LogP contribution in [0.1, 0.15) is 22.3 Å². The zero-order valence-electron chi connectivity index (χ0n) is 18.1. The number of nitrogens with one attached hydrogen (secondary N) is 1. The molecule has 32 heavy (non-hydrogen) atoms. The summed E-state index contributed by atoms with van der Waals surface area (Å²) in [6.45, 7) is 1.29. The smallest absolute Gasteiger partial charge is 0.161 e. The van der Waals surface area contributed by atoms with Gasteiger partial charge < -0.3 is 19.5 Å². The van der Waals surface area contributed by atoms with Crippen LogP contribution in [0.2, 0.25) is 0 Å². The van der Waals surface area contributed by atoms with Gasteiger partial charge in [-0.15, -0.1) is 0 Å². The summed E-state index contributed by atoms with van der Waals surface area (Å²) in [5.41, 5.74) is 8.13. The maximum atomic E-state index is 9.00. The van der Waals surface area contributed by atoms with Crippen molar-refractivity contribution in [2.75, 3.05) is 14.2 Å². The summed E-state index contributed by atoms with van der Waals surface area (Å²) in [6.07, 6.45) is 3.95. The second-order valence-electron chi connectivity index (χ2n) is 7.32. The summed E-state index contributed by atoms with van der Waals surface area (Å²) in [5, 5.41) is 14.6. The van der Waals surface area contributed by atoms with E-state index < -0.39 is 0 Å². The molecule has 0 saturated heterocycles. The predicted molar refractivity (Wildman–Crippen MR) is 126 cm³/mol. The van der Waals surface area contributed by atoms with E-state index in [0.717, 1.165) is 34.1 Å². The highest BCUT2D eigenvalue weighted by Crippen LogP contribution is 2.27. The largest absolute Gasteiger partial charge is 0.493 e. The van der Waals surface area contributed by atoms with Crippen molar-refractivity contribution in [1.82, 2.24) is 9.99 Å². The fourth-order valence-corrected chi connectivity index (χ4v) is 3.63. The van der Waals surface area contributed by atoms with Crippen molar-refractivity contribution in [1.29, 1.82) is 5.26 Å². The lowest BCUT2D eigenvalue weighted by Crippen LogP contribution is -2.06. The van der Waals surface area contributed by atoms with E-state index in [0.29, 0.717) is 23.6 Å². The molecule has 6 nitrogen and oxygen atoms in total. The first-order chi connectivity index (χ1) is 15.7. The average molecular weight is 425 g/mol. The van der Waals surface area contributed by atoms with Gasteiger partial charge in [-0.1, -0.05) is 36.4 Å². The third kappa shape index (κ3) is 4.57. The first kappa shape index (κ1) is 21.0. The van der Waals surface area contributed by atoms with Crippen molar-refractivity contribution in [3.05, 3.63) is 95.2 Å². The second kappa shape index (κ2) is 9.71. The molecular weight excluding hydrogens is 400 g/mol. The normalized spacial score (nSPS) is 10.9. The summed E-state index contributed by atoms with van der Waals surface area (Å²) >= 11 is 0. The Bertz CT molecular complexity index is 1280. The van der Waals surface area contributed by atoms with Crippen LogP contribution in [-0.2, 0) is 13.1 Å². The molecule has 6 heteroatoms. The molecule has 1 heterocycles. The van der Waals surface area contributed by atoms with Crippen LogP contribution < -0.4 is 14.9 Å². The minimum Gasteiger partial charge on any atom is -0.493 e. The summed E-state index contributed by atoms with van der Waals surface area (Å²) in [6, 6.07) is 23.9. The van der Waals surface area contributed by atoms with Crippen LogP contribution in [0.25, 0.3) is 10.9 Å². The molecule has 0 atom stereocenters. The Labute approximate surface area is 187 Å². The summed E-state index contributed by atoms with van der Waals surface area (Å²) < 4.78 is 12.8. The quantitative estimate of drug-likeness (QED) is 0.329. The van der Waals surface area contributed by atoms with Crippen LogP contribution in [-0.4, -0.2) is 25.0 Å². The third-order valence-corrected chi connectivity index (χ3v) is 5.28. The fraction of sp³-hybridized carbons (Fsp3) is 0.154. The van der Waals surface area contributed by atoms with Gasteiger partial charge in [0.05, 0.1) is 38.6 Å². The summed E-state index contributed by atoms with van der Waals surface area (Å²) in [7, 11) is 3.25. The standard InChI is InChI=1S/C26H24N4O2/c1-31-25-12-11-21(13-26(25)32-2)15-28-29-16-22-18-30(24-6-4-3-5-23(22)24)17-20-9-7-19(14-27)8-10-20/h3-13,16,18,28H,15,17H2,1-2H3/b29-16-. The van der Waals surface area contributed by atoms with Crippen molar-refractivity contribution in [2.45, 2.75) is 13.1 Å². The topological polar surface area (TPSA) is 71.6 Å². The van der Waals surface area contributed by atoms with E-state index in [1.807, 2.05) is 60.8 Å². The fourth-order valence-electron chi connectivity index (χ4n) is 3.63. The van der Waals surface area contributed by atoms with Gasteiger partial charge in [0.15, 0.2) is 11.5 Å². The van der Waals surface area contributed by atoms with Crippen molar-refractivity contribution in [3.63, 3.8) is 0 Å². The van der Waals surface area contributed by atoms with E-state index in [4.69, 9.17) is 14.7 Å². The van der Waals surface area contributed by atoms with Gasteiger partial charge >= 0.3 is 0 Å². The molecule has 0 bridgehead atoms. The number of para-hydroxylation sites is 1. The lowest BCUT2D eigenvalue weighted by molar-refractivity contribution is 0.354. The molecule has 0 aliphatic carbocycles. The van der Waals surface area contributed by atoms with Gasteiger partial charge in [0.2, 0.25) is 0 Å². The molecule has 4 rings (SSSR count). The first-order valence-corrected chi connectivity index (χ1v) is 10.3. The summed E-state index contributed by atoms with van der Waals surface area (Å²) in [5.74, 6) is 1.40. The van der Waals surface area contributed by atoms with E-state index in [-0.39, 0.29) is 0 Å².